The molecule has 0 aliphatic heterocycles. The lowest BCUT2D eigenvalue weighted by atomic mass is 10.1. The van der Waals surface area contributed by atoms with Crippen molar-refractivity contribution >= 4 is 21.7 Å². The van der Waals surface area contributed by atoms with Crippen LogP contribution in [0.1, 0.15) is 37.9 Å². The van der Waals surface area contributed by atoms with Crippen LogP contribution in [0.4, 0.5) is 5.82 Å². The van der Waals surface area contributed by atoms with Crippen molar-refractivity contribution in [2.75, 3.05) is 11.9 Å². The Bertz CT molecular complexity index is 611. The van der Waals surface area contributed by atoms with E-state index < -0.39 is 0 Å². The van der Waals surface area contributed by atoms with E-state index in [1.165, 1.54) is 5.56 Å². The molecule has 1 aromatic carbocycles. The van der Waals surface area contributed by atoms with E-state index in [2.05, 4.69) is 71.3 Å². The molecular formula is C17H22BrN3. The van der Waals surface area contributed by atoms with Crippen molar-refractivity contribution in [3.05, 3.63) is 40.0 Å². The summed E-state index contributed by atoms with van der Waals surface area (Å²) in [6.07, 6.45) is 3.14. The highest BCUT2D eigenvalue weighted by atomic mass is 79.9. The monoisotopic (exact) mass is 347 g/mol. The Hall–Kier alpha value is -1.42. The topological polar surface area (TPSA) is 37.8 Å². The Morgan fingerprint density at radius 2 is 1.90 bits per heavy atom. The third kappa shape index (κ3) is 4.27. The summed E-state index contributed by atoms with van der Waals surface area (Å²) in [6.45, 7) is 7.33. The van der Waals surface area contributed by atoms with Crippen molar-refractivity contribution < 1.29 is 0 Å². The first-order valence-electron chi connectivity index (χ1n) is 7.52. The molecule has 0 fully saturated rings. The lowest BCUT2D eigenvalue weighted by Gasteiger charge is -2.10. The fourth-order valence-corrected chi connectivity index (χ4v) is 2.47. The van der Waals surface area contributed by atoms with Gasteiger partial charge in [-0.3, -0.25) is 0 Å². The number of rotatable bonds is 6. The maximum atomic E-state index is 4.70. The largest absolute Gasteiger partial charge is 0.370 e. The minimum absolute atomic E-state index is 0.792. The fourth-order valence-electron chi connectivity index (χ4n) is 2.09. The zero-order valence-electron chi connectivity index (χ0n) is 12.9. The molecule has 1 aromatic heterocycles. The first kappa shape index (κ1) is 16.0. The van der Waals surface area contributed by atoms with Crippen LogP contribution in [0.15, 0.2) is 28.7 Å². The van der Waals surface area contributed by atoms with Crippen molar-refractivity contribution in [2.45, 2.75) is 40.0 Å². The highest BCUT2D eigenvalue weighted by Gasteiger charge is 2.08. The van der Waals surface area contributed by atoms with Gasteiger partial charge in [0.15, 0.2) is 5.82 Å². The number of benzene rings is 1. The van der Waals surface area contributed by atoms with Crippen molar-refractivity contribution in [3.8, 4) is 11.4 Å². The van der Waals surface area contributed by atoms with E-state index in [1.54, 1.807) is 0 Å². The van der Waals surface area contributed by atoms with Crippen LogP contribution in [0.3, 0.4) is 0 Å². The molecule has 0 bridgehead atoms. The van der Waals surface area contributed by atoms with E-state index in [4.69, 9.17) is 4.98 Å². The number of halogens is 1. The molecule has 0 spiro atoms. The predicted octanol–water partition coefficient (Wildman–Crippen LogP) is 4.99. The Labute approximate surface area is 135 Å². The number of nitrogens with zero attached hydrogens (tertiary/aromatic N) is 2. The second-order valence-electron chi connectivity index (χ2n) is 5.21. The van der Waals surface area contributed by atoms with Gasteiger partial charge in [-0.05, 0) is 31.4 Å². The number of hydrogen-bond donors (Lipinski definition) is 1. The summed E-state index contributed by atoms with van der Waals surface area (Å²) in [6, 6.07) is 8.32. The third-order valence-corrected chi connectivity index (χ3v) is 4.13. The van der Waals surface area contributed by atoms with E-state index in [9.17, 15) is 0 Å². The van der Waals surface area contributed by atoms with Gasteiger partial charge in [0.2, 0.25) is 0 Å². The average molecular weight is 348 g/mol. The Balaban J connectivity index is 2.40. The van der Waals surface area contributed by atoms with Gasteiger partial charge in [0.25, 0.3) is 0 Å². The number of aryl methyl sites for hydroxylation is 2. The number of hydrogen-bond acceptors (Lipinski definition) is 3. The van der Waals surface area contributed by atoms with Crippen LogP contribution in [0, 0.1) is 6.92 Å². The Morgan fingerprint density at radius 1 is 1.10 bits per heavy atom. The minimum atomic E-state index is 0.792. The molecule has 1 N–H and O–H groups in total. The average Bonchev–Trinajstić information content (AvgIpc) is 2.48. The number of anilines is 1. The lowest BCUT2D eigenvalue weighted by Crippen LogP contribution is -2.05. The SMILES string of the molecule is CCCNc1cc(CCC)nc(-c2ccc(C)c(Br)c2)n1. The predicted molar refractivity (Wildman–Crippen MR) is 92.7 cm³/mol. The molecule has 2 rings (SSSR count). The van der Waals surface area contributed by atoms with Crippen molar-refractivity contribution in [1.82, 2.24) is 9.97 Å². The summed E-state index contributed by atoms with van der Waals surface area (Å²) in [5.41, 5.74) is 3.36. The van der Waals surface area contributed by atoms with Gasteiger partial charge < -0.3 is 5.32 Å². The third-order valence-electron chi connectivity index (χ3n) is 3.27. The molecule has 0 saturated heterocycles. The molecule has 21 heavy (non-hydrogen) atoms. The van der Waals surface area contributed by atoms with E-state index >= 15 is 0 Å². The van der Waals surface area contributed by atoms with Crippen LogP contribution in [0.2, 0.25) is 0 Å². The molecule has 0 radical (unpaired) electrons. The molecule has 0 aliphatic carbocycles. The number of nitrogens with one attached hydrogen (secondary N) is 1. The molecule has 0 amide bonds. The highest BCUT2D eigenvalue weighted by Crippen LogP contribution is 2.24. The quantitative estimate of drug-likeness (QED) is 0.799. The Morgan fingerprint density at radius 3 is 2.57 bits per heavy atom. The molecule has 112 valence electrons. The van der Waals surface area contributed by atoms with Crippen LogP contribution >= 0.6 is 15.9 Å². The summed E-state index contributed by atoms with van der Waals surface area (Å²) in [5.74, 6) is 1.71. The maximum Gasteiger partial charge on any atom is 0.161 e. The molecule has 0 aliphatic rings. The van der Waals surface area contributed by atoms with Crippen molar-refractivity contribution in [1.29, 1.82) is 0 Å². The van der Waals surface area contributed by atoms with Crippen molar-refractivity contribution in [3.63, 3.8) is 0 Å². The molecule has 3 nitrogen and oxygen atoms in total. The van der Waals surface area contributed by atoms with Crippen LogP contribution in [-0.4, -0.2) is 16.5 Å². The van der Waals surface area contributed by atoms with E-state index in [0.717, 1.165) is 53.2 Å². The molecular weight excluding hydrogens is 326 g/mol. The standard InChI is InChI=1S/C17H22BrN3/c1-4-6-14-11-16(19-9-5-2)21-17(20-14)13-8-7-12(3)15(18)10-13/h7-8,10-11H,4-6,9H2,1-3H3,(H,19,20,21). The number of aromatic nitrogens is 2. The first-order chi connectivity index (χ1) is 10.1. The minimum Gasteiger partial charge on any atom is -0.370 e. The summed E-state index contributed by atoms with van der Waals surface area (Å²) in [7, 11) is 0. The van der Waals surface area contributed by atoms with Crippen LogP contribution < -0.4 is 5.32 Å². The summed E-state index contributed by atoms with van der Waals surface area (Å²) in [4.78, 5) is 9.35. The van der Waals surface area contributed by atoms with Gasteiger partial charge in [0.05, 0.1) is 0 Å². The second-order valence-corrected chi connectivity index (χ2v) is 6.06. The zero-order valence-corrected chi connectivity index (χ0v) is 14.5. The molecule has 0 atom stereocenters. The first-order valence-corrected chi connectivity index (χ1v) is 8.31. The second kappa shape index (κ2) is 7.55. The highest BCUT2D eigenvalue weighted by molar-refractivity contribution is 9.10. The van der Waals surface area contributed by atoms with E-state index in [0.29, 0.717) is 0 Å². The van der Waals surface area contributed by atoms with Gasteiger partial charge in [0.1, 0.15) is 5.82 Å². The summed E-state index contributed by atoms with van der Waals surface area (Å²) >= 11 is 3.58. The normalized spacial score (nSPS) is 10.7. The van der Waals surface area contributed by atoms with E-state index in [-0.39, 0.29) is 0 Å². The summed E-state index contributed by atoms with van der Waals surface area (Å²) in [5, 5.41) is 3.37. The van der Waals surface area contributed by atoms with Gasteiger partial charge in [-0.1, -0.05) is 48.3 Å². The van der Waals surface area contributed by atoms with Gasteiger partial charge in [0, 0.05) is 28.3 Å². The van der Waals surface area contributed by atoms with Gasteiger partial charge in [-0.25, -0.2) is 9.97 Å². The van der Waals surface area contributed by atoms with Gasteiger partial charge in [-0.2, -0.15) is 0 Å². The molecule has 1 heterocycles. The maximum absolute atomic E-state index is 4.70. The summed E-state index contributed by atoms with van der Waals surface area (Å²) < 4.78 is 1.09. The lowest BCUT2D eigenvalue weighted by molar-refractivity contribution is 0.872. The zero-order chi connectivity index (χ0) is 15.2. The van der Waals surface area contributed by atoms with Crippen LogP contribution in [0.25, 0.3) is 11.4 Å². The van der Waals surface area contributed by atoms with E-state index in [1.807, 2.05) is 0 Å². The van der Waals surface area contributed by atoms with Crippen molar-refractivity contribution in [2.24, 2.45) is 0 Å². The molecule has 2 aromatic rings. The molecule has 0 saturated carbocycles. The Kier molecular flexibility index (Phi) is 5.74. The molecule has 4 heteroatoms. The van der Waals surface area contributed by atoms with Gasteiger partial charge >= 0.3 is 0 Å². The fraction of sp³-hybridized carbons (Fsp3) is 0.412. The van der Waals surface area contributed by atoms with Gasteiger partial charge in [-0.15, -0.1) is 0 Å². The van der Waals surface area contributed by atoms with Crippen LogP contribution in [-0.2, 0) is 6.42 Å². The molecule has 0 unspecified atom stereocenters. The van der Waals surface area contributed by atoms with Crippen LogP contribution in [0.5, 0.6) is 0 Å². The smallest absolute Gasteiger partial charge is 0.161 e.